The second-order valence-corrected chi connectivity index (χ2v) is 6.40. The highest BCUT2D eigenvalue weighted by molar-refractivity contribution is 7.80. The Kier molecular flexibility index (Phi) is 4.42. The van der Waals surface area contributed by atoms with E-state index in [0.29, 0.717) is 22.1 Å². The van der Waals surface area contributed by atoms with Crippen molar-refractivity contribution in [3.05, 3.63) is 47.9 Å². The summed E-state index contributed by atoms with van der Waals surface area (Å²) in [5.74, 6) is -0.0489. The van der Waals surface area contributed by atoms with Crippen LogP contribution in [0, 0.1) is 17.1 Å². The van der Waals surface area contributed by atoms with Gasteiger partial charge in [-0.25, -0.2) is 4.39 Å². The standard InChI is InChI=1S/C17H12FN3OS2/c1-21(2)17(23)22-14-6-5-12-9-20-24-16(12)15(14)10-3-4-11(8-19)13(18)7-10/h3-7,9H,1-2H3. The molecule has 0 aliphatic rings. The summed E-state index contributed by atoms with van der Waals surface area (Å²) in [5, 5.41) is 10.1. The van der Waals surface area contributed by atoms with E-state index >= 15 is 0 Å². The molecule has 7 heteroatoms. The lowest BCUT2D eigenvalue weighted by Crippen LogP contribution is -2.25. The minimum absolute atomic E-state index is 0.00140. The maximum Gasteiger partial charge on any atom is 0.264 e. The van der Waals surface area contributed by atoms with Crippen molar-refractivity contribution < 1.29 is 9.13 Å². The third-order valence-electron chi connectivity index (χ3n) is 3.43. The van der Waals surface area contributed by atoms with E-state index in [0.717, 1.165) is 10.1 Å². The van der Waals surface area contributed by atoms with Gasteiger partial charge in [0.2, 0.25) is 0 Å². The van der Waals surface area contributed by atoms with Gasteiger partial charge in [0.05, 0.1) is 10.3 Å². The number of thiocarbonyl (C=S) groups is 1. The Bertz CT molecular complexity index is 976. The van der Waals surface area contributed by atoms with Crippen LogP contribution in [0.15, 0.2) is 36.5 Å². The van der Waals surface area contributed by atoms with Crippen molar-refractivity contribution in [3.8, 4) is 22.9 Å². The predicted octanol–water partition coefficient (Wildman–Crippen LogP) is 4.20. The number of ether oxygens (including phenoxy) is 1. The average Bonchev–Trinajstić information content (AvgIpc) is 3.03. The highest BCUT2D eigenvalue weighted by Gasteiger charge is 2.17. The first-order chi connectivity index (χ1) is 11.5. The first kappa shape index (κ1) is 16.3. The molecule has 0 radical (unpaired) electrons. The topological polar surface area (TPSA) is 49.1 Å². The number of halogens is 1. The maximum atomic E-state index is 14.1. The minimum atomic E-state index is -0.572. The number of fused-ring (bicyclic) bond motifs is 1. The molecule has 0 aliphatic heterocycles. The molecule has 0 bridgehead atoms. The molecule has 120 valence electrons. The number of benzene rings is 2. The largest absolute Gasteiger partial charge is 0.431 e. The Labute approximate surface area is 147 Å². The molecule has 0 saturated carbocycles. The fraction of sp³-hybridized carbons (Fsp3) is 0.118. The van der Waals surface area contributed by atoms with E-state index in [1.54, 1.807) is 37.3 Å². The van der Waals surface area contributed by atoms with E-state index in [9.17, 15) is 4.39 Å². The Hall–Kier alpha value is -2.56. The lowest BCUT2D eigenvalue weighted by atomic mass is 10.0. The molecular formula is C17H12FN3OS2. The van der Waals surface area contributed by atoms with Crippen LogP contribution in [0.25, 0.3) is 21.2 Å². The molecule has 0 aliphatic carbocycles. The zero-order valence-corrected chi connectivity index (χ0v) is 14.5. The molecule has 0 amide bonds. The van der Waals surface area contributed by atoms with E-state index in [4.69, 9.17) is 22.2 Å². The third-order valence-corrected chi connectivity index (χ3v) is 4.71. The van der Waals surface area contributed by atoms with Gasteiger partial charge in [-0.2, -0.15) is 9.64 Å². The summed E-state index contributed by atoms with van der Waals surface area (Å²) in [7, 11) is 3.57. The second kappa shape index (κ2) is 6.51. The number of rotatable bonds is 2. The molecule has 0 fully saturated rings. The normalized spacial score (nSPS) is 10.4. The molecule has 0 spiro atoms. The Balaban J connectivity index is 2.20. The molecule has 4 nitrogen and oxygen atoms in total. The van der Waals surface area contributed by atoms with E-state index in [1.807, 2.05) is 12.1 Å². The number of hydrogen-bond donors (Lipinski definition) is 0. The van der Waals surface area contributed by atoms with Crippen molar-refractivity contribution in [1.29, 1.82) is 5.26 Å². The smallest absolute Gasteiger partial charge is 0.264 e. The van der Waals surface area contributed by atoms with Gasteiger partial charge in [0.15, 0.2) is 0 Å². The van der Waals surface area contributed by atoms with Crippen molar-refractivity contribution in [1.82, 2.24) is 9.27 Å². The Morgan fingerprint density at radius 2 is 2.12 bits per heavy atom. The summed E-state index contributed by atoms with van der Waals surface area (Å²) in [6, 6.07) is 9.98. The maximum absolute atomic E-state index is 14.1. The summed E-state index contributed by atoms with van der Waals surface area (Å²) in [4.78, 5) is 1.68. The van der Waals surface area contributed by atoms with E-state index < -0.39 is 5.82 Å². The lowest BCUT2D eigenvalue weighted by molar-refractivity contribution is 0.451. The molecule has 3 rings (SSSR count). The molecule has 2 aromatic carbocycles. The quantitative estimate of drug-likeness (QED) is 0.643. The third kappa shape index (κ3) is 2.94. The summed E-state index contributed by atoms with van der Waals surface area (Å²) in [6.45, 7) is 0. The zero-order chi connectivity index (χ0) is 17.3. The Morgan fingerprint density at radius 3 is 2.79 bits per heavy atom. The van der Waals surface area contributed by atoms with Crippen LogP contribution < -0.4 is 4.74 Å². The van der Waals surface area contributed by atoms with Crippen molar-refractivity contribution in [3.63, 3.8) is 0 Å². The van der Waals surface area contributed by atoms with Gasteiger partial charge in [-0.15, -0.1) is 0 Å². The predicted molar refractivity (Wildman–Crippen MR) is 96.6 cm³/mol. The van der Waals surface area contributed by atoms with Crippen molar-refractivity contribution in [2.45, 2.75) is 0 Å². The molecule has 0 atom stereocenters. The van der Waals surface area contributed by atoms with Crippen molar-refractivity contribution in [2.75, 3.05) is 14.1 Å². The molecule has 1 heterocycles. The van der Waals surface area contributed by atoms with Crippen LogP contribution in [-0.4, -0.2) is 28.5 Å². The molecule has 0 unspecified atom stereocenters. The Morgan fingerprint density at radius 1 is 1.33 bits per heavy atom. The second-order valence-electron chi connectivity index (χ2n) is 5.25. The summed E-state index contributed by atoms with van der Waals surface area (Å²) >= 11 is 6.51. The van der Waals surface area contributed by atoms with Gasteiger partial charge < -0.3 is 9.64 Å². The van der Waals surface area contributed by atoms with Crippen LogP contribution in [0.5, 0.6) is 5.75 Å². The molecule has 1 aromatic heterocycles. The van der Waals surface area contributed by atoms with Crippen LogP contribution in [0.2, 0.25) is 0 Å². The van der Waals surface area contributed by atoms with Crippen LogP contribution in [0.1, 0.15) is 5.56 Å². The van der Waals surface area contributed by atoms with E-state index in [-0.39, 0.29) is 5.56 Å². The van der Waals surface area contributed by atoms with Crippen molar-refractivity contribution >= 4 is 39.0 Å². The fourth-order valence-corrected chi connectivity index (χ4v) is 3.12. The average molecular weight is 357 g/mol. The summed E-state index contributed by atoms with van der Waals surface area (Å²) in [5.41, 5.74) is 1.32. The van der Waals surface area contributed by atoms with E-state index in [2.05, 4.69) is 4.37 Å². The number of nitrogens with zero attached hydrogens (tertiary/aromatic N) is 3. The molecule has 24 heavy (non-hydrogen) atoms. The highest BCUT2D eigenvalue weighted by Crippen LogP contribution is 2.39. The van der Waals surface area contributed by atoms with Crippen LogP contribution in [-0.2, 0) is 0 Å². The first-order valence-electron chi connectivity index (χ1n) is 6.98. The van der Waals surface area contributed by atoms with Crippen molar-refractivity contribution in [2.24, 2.45) is 0 Å². The van der Waals surface area contributed by atoms with Gasteiger partial charge in [0, 0.05) is 31.2 Å². The highest BCUT2D eigenvalue weighted by atomic mass is 32.1. The molecule has 3 aromatic rings. The van der Waals surface area contributed by atoms with E-state index in [1.165, 1.54) is 23.7 Å². The number of hydrogen-bond acceptors (Lipinski definition) is 5. The molecule has 0 N–H and O–H groups in total. The number of nitriles is 1. The monoisotopic (exact) mass is 357 g/mol. The van der Waals surface area contributed by atoms with Gasteiger partial charge in [-0.1, -0.05) is 6.07 Å². The number of aromatic nitrogens is 1. The zero-order valence-electron chi connectivity index (χ0n) is 12.9. The van der Waals surface area contributed by atoms with Gasteiger partial charge in [0.1, 0.15) is 17.6 Å². The lowest BCUT2D eigenvalue weighted by Gasteiger charge is -2.17. The summed E-state index contributed by atoms with van der Waals surface area (Å²) < 4.78 is 24.9. The SMILES string of the molecule is CN(C)C(=S)Oc1ccc2cnsc2c1-c1ccc(C#N)c(F)c1. The fourth-order valence-electron chi connectivity index (χ4n) is 2.22. The van der Waals surface area contributed by atoms with Gasteiger partial charge in [-0.3, -0.25) is 0 Å². The van der Waals surface area contributed by atoms with Gasteiger partial charge in [-0.05, 0) is 53.6 Å². The first-order valence-corrected chi connectivity index (χ1v) is 8.16. The van der Waals surface area contributed by atoms with Gasteiger partial charge in [0.25, 0.3) is 5.17 Å². The molecule has 0 saturated heterocycles. The summed E-state index contributed by atoms with van der Waals surface area (Å²) in [6.07, 6.45) is 1.75. The minimum Gasteiger partial charge on any atom is -0.431 e. The van der Waals surface area contributed by atoms with Gasteiger partial charge >= 0.3 is 0 Å². The van der Waals surface area contributed by atoms with Crippen LogP contribution in [0.3, 0.4) is 0 Å². The van der Waals surface area contributed by atoms with Crippen LogP contribution in [0.4, 0.5) is 4.39 Å². The van der Waals surface area contributed by atoms with Crippen LogP contribution >= 0.6 is 23.8 Å². The molecular weight excluding hydrogens is 345 g/mol.